The Balaban J connectivity index is 2.24. The van der Waals surface area contributed by atoms with Crippen LogP contribution in [0, 0.1) is 11.8 Å². The highest BCUT2D eigenvalue weighted by molar-refractivity contribution is 9.09. The molecule has 2 nitrogen and oxygen atoms in total. The summed E-state index contributed by atoms with van der Waals surface area (Å²) < 4.78 is 0. The third kappa shape index (κ3) is 4.54. The zero-order valence-electron chi connectivity index (χ0n) is 9.84. The highest BCUT2D eigenvalue weighted by atomic mass is 79.9. The average Bonchev–Trinajstić information content (AvgIpc) is 2.63. The Bertz CT molecular complexity index is 206. The monoisotopic (exact) mass is 275 g/mol. The second kappa shape index (κ2) is 6.51. The number of hydrogen-bond acceptors (Lipinski definition) is 1. The number of nitrogens with zero attached hydrogens (tertiary/aromatic N) is 1. The van der Waals surface area contributed by atoms with Crippen molar-refractivity contribution in [3.63, 3.8) is 0 Å². The van der Waals surface area contributed by atoms with E-state index in [2.05, 4.69) is 34.7 Å². The maximum atomic E-state index is 11.8. The van der Waals surface area contributed by atoms with Crippen molar-refractivity contribution in [1.29, 1.82) is 0 Å². The van der Waals surface area contributed by atoms with E-state index < -0.39 is 0 Å². The summed E-state index contributed by atoms with van der Waals surface area (Å²) >= 11 is 3.46. The highest BCUT2D eigenvalue weighted by Gasteiger charge is 2.25. The van der Waals surface area contributed by atoms with Crippen molar-refractivity contribution in [2.45, 2.75) is 39.5 Å². The van der Waals surface area contributed by atoms with Crippen LogP contribution in [0.5, 0.6) is 0 Å². The SMILES string of the molecule is CC(C)CCC(=O)N1CCC(CCBr)C1. The second-order valence-electron chi connectivity index (χ2n) is 4.90. The molecule has 0 aromatic rings. The number of carbonyl (C=O) groups is 1. The molecule has 0 aromatic carbocycles. The van der Waals surface area contributed by atoms with Gasteiger partial charge in [0.05, 0.1) is 0 Å². The van der Waals surface area contributed by atoms with Crippen molar-refractivity contribution in [3.8, 4) is 0 Å². The van der Waals surface area contributed by atoms with Crippen molar-refractivity contribution in [3.05, 3.63) is 0 Å². The molecule has 0 aromatic heterocycles. The molecule has 0 N–H and O–H groups in total. The summed E-state index contributed by atoms with van der Waals surface area (Å²) in [5.74, 6) is 1.73. The summed E-state index contributed by atoms with van der Waals surface area (Å²) in [5, 5.41) is 1.06. The number of hydrogen-bond donors (Lipinski definition) is 0. The largest absolute Gasteiger partial charge is 0.342 e. The molecule has 88 valence electrons. The van der Waals surface area contributed by atoms with Gasteiger partial charge in [-0.25, -0.2) is 0 Å². The summed E-state index contributed by atoms with van der Waals surface area (Å²) in [7, 11) is 0. The van der Waals surface area contributed by atoms with E-state index in [4.69, 9.17) is 0 Å². The van der Waals surface area contributed by atoms with Crippen LogP contribution < -0.4 is 0 Å². The third-order valence-corrected chi connectivity index (χ3v) is 3.55. The molecule has 1 amide bonds. The number of rotatable bonds is 5. The predicted molar refractivity (Wildman–Crippen MR) is 67.2 cm³/mol. The molecule has 0 spiro atoms. The van der Waals surface area contributed by atoms with Gasteiger partial charge in [-0.15, -0.1) is 0 Å². The van der Waals surface area contributed by atoms with Crippen LogP contribution in [-0.4, -0.2) is 29.2 Å². The van der Waals surface area contributed by atoms with E-state index in [1.165, 1.54) is 12.8 Å². The topological polar surface area (TPSA) is 20.3 Å². The van der Waals surface area contributed by atoms with E-state index in [0.29, 0.717) is 11.8 Å². The Kier molecular flexibility index (Phi) is 5.65. The third-order valence-electron chi connectivity index (χ3n) is 3.09. The molecule has 1 rings (SSSR count). The summed E-state index contributed by atoms with van der Waals surface area (Å²) in [4.78, 5) is 13.9. The van der Waals surface area contributed by atoms with Gasteiger partial charge in [0, 0.05) is 24.8 Å². The minimum Gasteiger partial charge on any atom is -0.342 e. The molecule has 0 radical (unpaired) electrons. The Labute approximate surface area is 102 Å². The molecule has 0 saturated carbocycles. The van der Waals surface area contributed by atoms with Gasteiger partial charge in [-0.2, -0.15) is 0 Å². The Morgan fingerprint density at radius 2 is 2.27 bits per heavy atom. The molecule has 0 aliphatic carbocycles. The van der Waals surface area contributed by atoms with Crippen molar-refractivity contribution in [1.82, 2.24) is 4.90 Å². The van der Waals surface area contributed by atoms with Crippen LogP contribution in [0.15, 0.2) is 0 Å². The first-order chi connectivity index (χ1) is 7.13. The van der Waals surface area contributed by atoms with Crippen molar-refractivity contribution >= 4 is 21.8 Å². The number of amides is 1. The van der Waals surface area contributed by atoms with E-state index in [0.717, 1.165) is 37.2 Å². The highest BCUT2D eigenvalue weighted by Crippen LogP contribution is 2.21. The Morgan fingerprint density at radius 3 is 2.87 bits per heavy atom. The predicted octanol–water partition coefficient (Wildman–Crippen LogP) is 3.06. The zero-order chi connectivity index (χ0) is 11.3. The van der Waals surface area contributed by atoms with Gasteiger partial charge in [-0.3, -0.25) is 4.79 Å². The van der Waals surface area contributed by atoms with E-state index in [-0.39, 0.29) is 0 Å². The summed E-state index contributed by atoms with van der Waals surface area (Å²) in [6.07, 6.45) is 4.16. The van der Waals surface area contributed by atoms with Gasteiger partial charge >= 0.3 is 0 Å². The molecule has 1 saturated heterocycles. The lowest BCUT2D eigenvalue weighted by Crippen LogP contribution is -2.28. The van der Waals surface area contributed by atoms with Crippen molar-refractivity contribution < 1.29 is 4.79 Å². The second-order valence-corrected chi connectivity index (χ2v) is 5.70. The molecular weight excluding hydrogens is 254 g/mol. The minimum absolute atomic E-state index is 0.362. The number of alkyl halides is 1. The molecule has 15 heavy (non-hydrogen) atoms. The molecular formula is C12H22BrNO. The van der Waals surface area contributed by atoms with Gasteiger partial charge in [-0.1, -0.05) is 29.8 Å². The van der Waals surface area contributed by atoms with Crippen LogP contribution in [0.25, 0.3) is 0 Å². The van der Waals surface area contributed by atoms with E-state index in [9.17, 15) is 4.79 Å². The standard InChI is InChI=1S/C12H22BrNO/c1-10(2)3-4-12(15)14-8-6-11(9-14)5-7-13/h10-11H,3-9H2,1-2H3. The molecule has 1 atom stereocenters. The number of carbonyl (C=O) groups excluding carboxylic acids is 1. The fourth-order valence-corrected chi connectivity index (χ4v) is 2.67. The van der Waals surface area contributed by atoms with Gasteiger partial charge in [0.15, 0.2) is 0 Å². The van der Waals surface area contributed by atoms with Crippen LogP contribution >= 0.6 is 15.9 Å². The minimum atomic E-state index is 0.362. The maximum Gasteiger partial charge on any atom is 0.222 e. The lowest BCUT2D eigenvalue weighted by atomic mass is 10.1. The van der Waals surface area contributed by atoms with Gasteiger partial charge in [0.2, 0.25) is 5.91 Å². The van der Waals surface area contributed by atoms with Crippen LogP contribution in [0.3, 0.4) is 0 Å². The van der Waals surface area contributed by atoms with E-state index >= 15 is 0 Å². The van der Waals surface area contributed by atoms with Gasteiger partial charge in [0.25, 0.3) is 0 Å². The molecule has 1 aliphatic heterocycles. The Hall–Kier alpha value is -0.0500. The first-order valence-corrected chi connectivity index (χ1v) is 7.09. The molecule has 0 bridgehead atoms. The average molecular weight is 276 g/mol. The summed E-state index contributed by atoms with van der Waals surface area (Å²) in [6, 6.07) is 0. The van der Waals surface area contributed by atoms with Crippen LogP contribution in [0.4, 0.5) is 0 Å². The molecule has 1 heterocycles. The van der Waals surface area contributed by atoms with Gasteiger partial charge in [-0.05, 0) is 31.1 Å². The number of likely N-dealkylation sites (tertiary alicyclic amines) is 1. The van der Waals surface area contributed by atoms with Crippen LogP contribution in [0.2, 0.25) is 0 Å². The van der Waals surface area contributed by atoms with Gasteiger partial charge < -0.3 is 4.90 Å². The maximum absolute atomic E-state index is 11.8. The van der Waals surface area contributed by atoms with E-state index in [1.54, 1.807) is 0 Å². The first kappa shape index (κ1) is 13.0. The molecule has 1 unspecified atom stereocenters. The lowest BCUT2D eigenvalue weighted by molar-refractivity contribution is -0.130. The van der Waals surface area contributed by atoms with Crippen LogP contribution in [0.1, 0.15) is 39.5 Å². The normalized spacial score (nSPS) is 21.3. The quantitative estimate of drug-likeness (QED) is 0.707. The Morgan fingerprint density at radius 1 is 1.53 bits per heavy atom. The molecule has 1 fully saturated rings. The fourth-order valence-electron chi connectivity index (χ4n) is 2.02. The van der Waals surface area contributed by atoms with E-state index in [1.807, 2.05) is 0 Å². The van der Waals surface area contributed by atoms with Crippen molar-refractivity contribution in [2.24, 2.45) is 11.8 Å². The number of halogens is 1. The molecule has 1 aliphatic rings. The fraction of sp³-hybridized carbons (Fsp3) is 0.917. The zero-order valence-corrected chi connectivity index (χ0v) is 11.4. The van der Waals surface area contributed by atoms with Crippen molar-refractivity contribution in [2.75, 3.05) is 18.4 Å². The van der Waals surface area contributed by atoms with Crippen LogP contribution in [-0.2, 0) is 4.79 Å². The lowest BCUT2D eigenvalue weighted by Gasteiger charge is -2.17. The van der Waals surface area contributed by atoms with Gasteiger partial charge in [0.1, 0.15) is 0 Å². The summed E-state index contributed by atoms with van der Waals surface area (Å²) in [5.41, 5.74) is 0. The smallest absolute Gasteiger partial charge is 0.222 e. The first-order valence-electron chi connectivity index (χ1n) is 5.97. The summed E-state index contributed by atoms with van der Waals surface area (Å²) in [6.45, 7) is 6.31. The molecule has 3 heteroatoms.